The van der Waals surface area contributed by atoms with Crippen molar-refractivity contribution in [2.75, 3.05) is 21.3 Å². The second-order valence-corrected chi connectivity index (χ2v) is 6.98. The quantitative estimate of drug-likeness (QED) is 0.173. The molecule has 0 aliphatic rings. The Hall–Kier alpha value is -3.55. The molecular weight excluding hydrogens is 412 g/mol. The SMILES string of the molecule is CCCCCCC(=O)N/N=C/c1ccc(OC(=O)c2cc(OC)c(OC)c(OC)c2)cc1. The van der Waals surface area contributed by atoms with Gasteiger partial charge in [-0.25, -0.2) is 10.2 Å². The number of nitrogens with zero attached hydrogens (tertiary/aromatic N) is 1. The molecule has 0 unspecified atom stereocenters. The molecule has 2 aromatic carbocycles. The fraction of sp³-hybridized carbons (Fsp3) is 0.375. The average Bonchev–Trinajstić information content (AvgIpc) is 2.81. The van der Waals surface area contributed by atoms with Crippen LogP contribution >= 0.6 is 0 Å². The topological polar surface area (TPSA) is 95.5 Å². The minimum absolute atomic E-state index is 0.103. The molecule has 32 heavy (non-hydrogen) atoms. The molecule has 0 heterocycles. The molecule has 0 saturated heterocycles. The summed E-state index contributed by atoms with van der Waals surface area (Å²) in [6, 6.07) is 9.79. The molecule has 0 fully saturated rings. The second-order valence-electron chi connectivity index (χ2n) is 6.98. The van der Waals surface area contributed by atoms with Crippen LogP contribution in [0.2, 0.25) is 0 Å². The van der Waals surface area contributed by atoms with Crippen LogP contribution in [-0.4, -0.2) is 39.4 Å². The van der Waals surface area contributed by atoms with Crippen LogP contribution in [0.15, 0.2) is 41.5 Å². The fourth-order valence-corrected chi connectivity index (χ4v) is 2.93. The van der Waals surface area contributed by atoms with E-state index in [9.17, 15) is 9.59 Å². The number of methoxy groups -OCH3 is 3. The van der Waals surface area contributed by atoms with Gasteiger partial charge < -0.3 is 18.9 Å². The molecule has 0 atom stereocenters. The third-order valence-electron chi connectivity index (χ3n) is 4.65. The molecule has 0 radical (unpaired) electrons. The van der Waals surface area contributed by atoms with Gasteiger partial charge >= 0.3 is 5.97 Å². The van der Waals surface area contributed by atoms with Gasteiger partial charge in [0.15, 0.2) is 11.5 Å². The molecule has 0 saturated carbocycles. The Balaban J connectivity index is 1.95. The smallest absolute Gasteiger partial charge is 0.343 e. The lowest BCUT2D eigenvalue weighted by Crippen LogP contribution is -2.16. The van der Waals surface area contributed by atoms with Crippen molar-refractivity contribution in [3.63, 3.8) is 0 Å². The molecule has 0 aliphatic heterocycles. The van der Waals surface area contributed by atoms with Gasteiger partial charge in [-0.05, 0) is 48.4 Å². The van der Waals surface area contributed by atoms with E-state index in [4.69, 9.17) is 18.9 Å². The zero-order valence-electron chi connectivity index (χ0n) is 19.0. The van der Waals surface area contributed by atoms with E-state index in [0.29, 0.717) is 29.4 Å². The molecule has 1 amide bonds. The van der Waals surface area contributed by atoms with Gasteiger partial charge in [-0.3, -0.25) is 4.79 Å². The number of ether oxygens (including phenoxy) is 4. The predicted molar refractivity (Wildman–Crippen MR) is 122 cm³/mol. The van der Waals surface area contributed by atoms with Crippen molar-refractivity contribution >= 4 is 18.1 Å². The highest BCUT2D eigenvalue weighted by Crippen LogP contribution is 2.38. The zero-order valence-corrected chi connectivity index (χ0v) is 19.0. The van der Waals surface area contributed by atoms with Crippen molar-refractivity contribution < 1.29 is 28.5 Å². The first kappa shape index (κ1) is 24.7. The number of nitrogens with one attached hydrogen (secondary N) is 1. The fourth-order valence-electron chi connectivity index (χ4n) is 2.93. The van der Waals surface area contributed by atoms with E-state index in [1.807, 2.05) is 0 Å². The minimum Gasteiger partial charge on any atom is -0.493 e. The summed E-state index contributed by atoms with van der Waals surface area (Å²) in [7, 11) is 4.44. The Bertz CT molecular complexity index is 900. The number of hydrogen-bond donors (Lipinski definition) is 1. The Kier molecular flexibility index (Phi) is 10.0. The average molecular weight is 443 g/mol. The van der Waals surface area contributed by atoms with Gasteiger partial charge in [-0.15, -0.1) is 0 Å². The van der Waals surface area contributed by atoms with Gasteiger partial charge in [-0.1, -0.05) is 26.2 Å². The molecule has 172 valence electrons. The molecule has 0 bridgehead atoms. The van der Waals surface area contributed by atoms with E-state index in [1.165, 1.54) is 39.7 Å². The lowest BCUT2D eigenvalue weighted by molar-refractivity contribution is -0.121. The first-order valence-electron chi connectivity index (χ1n) is 10.5. The van der Waals surface area contributed by atoms with Crippen molar-refractivity contribution in [3.05, 3.63) is 47.5 Å². The van der Waals surface area contributed by atoms with Crippen molar-refractivity contribution in [3.8, 4) is 23.0 Å². The number of benzene rings is 2. The van der Waals surface area contributed by atoms with Crippen LogP contribution in [-0.2, 0) is 4.79 Å². The molecular formula is C24H30N2O6. The maximum atomic E-state index is 12.6. The zero-order chi connectivity index (χ0) is 23.3. The third kappa shape index (κ3) is 7.30. The summed E-state index contributed by atoms with van der Waals surface area (Å²) in [5.74, 6) is 0.800. The van der Waals surface area contributed by atoms with Crippen LogP contribution in [0.1, 0.15) is 54.9 Å². The summed E-state index contributed by atoms with van der Waals surface area (Å²) < 4.78 is 21.2. The summed E-state index contributed by atoms with van der Waals surface area (Å²) in [6.45, 7) is 2.13. The Labute approximate surface area is 188 Å². The largest absolute Gasteiger partial charge is 0.493 e. The molecule has 8 heteroatoms. The van der Waals surface area contributed by atoms with Crippen LogP contribution < -0.4 is 24.4 Å². The van der Waals surface area contributed by atoms with Crippen molar-refractivity contribution in [1.29, 1.82) is 0 Å². The molecule has 0 aliphatic carbocycles. The summed E-state index contributed by atoms with van der Waals surface area (Å²) >= 11 is 0. The number of esters is 1. The molecule has 8 nitrogen and oxygen atoms in total. The number of amides is 1. The number of unbranched alkanes of at least 4 members (excludes halogenated alkanes) is 3. The van der Waals surface area contributed by atoms with Gasteiger partial charge in [0.25, 0.3) is 0 Å². The maximum absolute atomic E-state index is 12.6. The molecule has 0 spiro atoms. The minimum atomic E-state index is -0.569. The van der Waals surface area contributed by atoms with Gasteiger partial charge in [0.05, 0.1) is 33.1 Å². The van der Waals surface area contributed by atoms with Crippen LogP contribution in [0, 0.1) is 0 Å². The van der Waals surface area contributed by atoms with Crippen molar-refractivity contribution in [2.45, 2.75) is 39.0 Å². The Morgan fingerprint density at radius 1 is 0.938 bits per heavy atom. The van der Waals surface area contributed by atoms with Crippen molar-refractivity contribution in [2.24, 2.45) is 5.10 Å². The normalized spacial score (nSPS) is 10.6. The van der Waals surface area contributed by atoms with E-state index in [-0.39, 0.29) is 11.5 Å². The summed E-state index contributed by atoms with van der Waals surface area (Å²) in [5, 5.41) is 3.96. The number of rotatable bonds is 12. The summed E-state index contributed by atoms with van der Waals surface area (Å²) in [6.07, 6.45) is 6.17. The molecule has 0 aromatic heterocycles. The van der Waals surface area contributed by atoms with E-state index >= 15 is 0 Å². The maximum Gasteiger partial charge on any atom is 0.343 e. The standard InChI is InChI=1S/C24H30N2O6/c1-5-6-7-8-9-22(27)26-25-16-17-10-12-19(13-11-17)32-24(28)18-14-20(29-2)23(31-4)21(15-18)30-3/h10-16H,5-9H2,1-4H3,(H,26,27)/b25-16+. The molecule has 2 rings (SSSR count). The first-order valence-corrected chi connectivity index (χ1v) is 10.5. The number of hydrazone groups is 1. The summed E-state index contributed by atoms with van der Waals surface area (Å²) in [5.41, 5.74) is 3.53. The Morgan fingerprint density at radius 3 is 2.16 bits per heavy atom. The number of hydrogen-bond acceptors (Lipinski definition) is 7. The highest BCUT2D eigenvalue weighted by atomic mass is 16.5. The summed E-state index contributed by atoms with van der Waals surface area (Å²) in [4.78, 5) is 24.3. The van der Waals surface area contributed by atoms with Crippen LogP contribution in [0.5, 0.6) is 23.0 Å². The molecule has 2 aromatic rings. The predicted octanol–water partition coefficient (Wildman–Crippen LogP) is 4.35. The third-order valence-corrected chi connectivity index (χ3v) is 4.65. The van der Waals surface area contributed by atoms with Crippen LogP contribution in [0.4, 0.5) is 0 Å². The highest BCUT2D eigenvalue weighted by Gasteiger charge is 2.18. The first-order chi connectivity index (χ1) is 15.5. The van der Waals surface area contributed by atoms with Gasteiger partial charge in [0.2, 0.25) is 11.7 Å². The van der Waals surface area contributed by atoms with Gasteiger partial charge in [0.1, 0.15) is 5.75 Å². The number of carbonyl (C=O) groups excluding carboxylic acids is 2. The van der Waals surface area contributed by atoms with Gasteiger partial charge in [-0.2, -0.15) is 5.10 Å². The van der Waals surface area contributed by atoms with Gasteiger partial charge in [0, 0.05) is 6.42 Å². The Morgan fingerprint density at radius 2 is 1.59 bits per heavy atom. The van der Waals surface area contributed by atoms with Crippen molar-refractivity contribution in [1.82, 2.24) is 5.43 Å². The second kappa shape index (κ2) is 13.0. The molecule has 1 N–H and O–H groups in total. The van der Waals surface area contributed by atoms with Crippen LogP contribution in [0.25, 0.3) is 0 Å². The van der Waals surface area contributed by atoms with E-state index in [2.05, 4.69) is 17.5 Å². The lowest BCUT2D eigenvalue weighted by atomic mass is 10.1. The highest BCUT2D eigenvalue weighted by molar-refractivity contribution is 5.93. The van der Waals surface area contributed by atoms with E-state index in [1.54, 1.807) is 24.3 Å². The monoisotopic (exact) mass is 442 g/mol. The van der Waals surface area contributed by atoms with E-state index < -0.39 is 5.97 Å². The van der Waals surface area contributed by atoms with E-state index in [0.717, 1.165) is 31.2 Å². The van der Waals surface area contributed by atoms with Crippen LogP contribution in [0.3, 0.4) is 0 Å². The number of carbonyl (C=O) groups is 2. The lowest BCUT2D eigenvalue weighted by Gasteiger charge is -2.13.